The summed E-state index contributed by atoms with van der Waals surface area (Å²) in [5.41, 5.74) is 5.67. The Morgan fingerprint density at radius 1 is 1.31 bits per heavy atom. The summed E-state index contributed by atoms with van der Waals surface area (Å²) < 4.78 is 4.77. The summed E-state index contributed by atoms with van der Waals surface area (Å²) in [6.07, 6.45) is -0.306. The largest absolute Gasteiger partial charge is 0.449 e. The Bertz CT molecular complexity index is 410. The van der Waals surface area contributed by atoms with E-state index in [1.807, 2.05) is 0 Å². The normalized spacial score (nSPS) is 11.6. The standard InChI is InChI=1S/C11H11NO4/c1-7(10(12)14)16-11(15)9-4-2-8(6-13)3-5-9/h2-7H,1H3,(H2,12,14)/t7-/m0/s1. The smallest absolute Gasteiger partial charge is 0.338 e. The molecule has 0 aliphatic rings. The molecule has 16 heavy (non-hydrogen) atoms. The molecule has 1 aromatic rings. The van der Waals surface area contributed by atoms with Crippen molar-refractivity contribution in [3.8, 4) is 0 Å². The number of nitrogens with two attached hydrogens (primary N) is 1. The van der Waals surface area contributed by atoms with Gasteiger partial charge in [0.15, 0.2) is 6.10 Å². The van der Waals surface area contributed by atoms with E-state index in [0.717, 1.165) is 0 Å². The van der Waals surface area contributed by atoms with E-state index in [9.17, 15) is 14.4 Å². The molecule has 0 unspecified atom stereocenters. The number of primary amides is 1. The zero-order valence-corrected chi connectivity index (χ0v) is 8.67. The van der Waals surface area contributed by atoms with Gasteiger partial charge in [-0.15, -0.1) is 0 Å². The van der Waals surface area contributed by atoms with Crippen LogP contribution in [0, 0.1) is 0 Å². The highest BCUT2D eigenvalue weighted by Crippen LogP contribution is 2.06. The Balaban J connectivity index is 2.73. The van der Waals surface area contributed by atoms with Crippen LogP contribution < -0.4 is 5.73 Å². The number of carbonyl (C=O) groups excluding carboxylic acids is 3. The predicted octanol–water partition coefficient (Wildman–Crippen LogP) is 0.530. The van der Waals surface area contributed by atoms with Gasteiger partial charge in [0.05, 0.1) is 5.56 Å². The van der Waals surface area contributed by atoms with Gasteiger partial charge in [0.2, 0.25) is 0 Å². The van der Waals surface area contributed by atoms with Crippen molar-refractivity contribution in [2.24, 2.45) is 5.73 Å². The fourth-order valence-corrected chi connectivity index (χ4v) is 0.984. The predicted molar refractivity (Wildman–Crippen MR) is 55.9 cm³/mol. The van der Waals surface area contributed by atoms with Crippen molar-refractivity contribution in [3.05, 3.63) is 35.4 Å². The average Bonchev–Trinajstić information content (AvgIpc) is 2.28. The average molecular weight is 221 g/mol. The van der Waals surface area contributed by atoms with E-state index in [1.165, 1.54) is 31.2 Å². The van der Waals surface area contributed by atoms with Crippen LogP contribution >= 0.6 is 0 Å². The number of esters is 1. The van der Waals surface area contributed by atoms with E-state index in [1.54, 1.807) is 0 Å². The van der Waals surface area contributed by atoms with E-state index in [0.29, 0.717) is 11.8 Å². The quantitative estimate of drug-likeness (QED) is 0.593. The lowest BCUT2D eigenvalue weighted by Crippen LogP contribution is -2.30. The lowest BCUT2D eigenvalue weighted by molar-refractivity contribution is -0.125. The molecule has 1 aromatic carbocycles. The number of hydrogen-bond donors (Lipinski definition) is 1. The summed E-state index contributed by atoms with van der Waals surface area (Å²) in [5.74, 6) is -1.36. The first-order chi connectivity index (χ1) is 7.54. The minimum atomic E-state index is -0.974. The van der Waals surface area contributed by atoms with Crippen LogP contribution in [0.3, 0.4) is 0 Å². The highest BCUT2D eigenvalue weighted by Gasteiger charge is 2.15. The van der Waals surface area contributed by atoms with Gasteiger partial charge in [-0.3, -0.25) is 9.59 Å². The third-order valence-electron chi connectivity index (χ3n) is 1.97. The van der Waals surface area contributed by atoms with Crippen LogP contribution in [0.1, 0.15) is 27.6 Å². The van der Waals surface area contributed by atoms with Gasteiger partial charge in [-0.2, -0.15) is 0 Å². The van der Waals surface area contributed by atoms with Crippen LogP contribution in [0.2, 0.25) is 0 Å². The first-order valence-corrected chi connectivity index (χ1v) is 4.60. The summed E-state index contributed by atoms with van der Waals surface area (Å²) in [7, 11) is 0. The van der Waals surface area contributed by atoms with Gasteiger partial charge in [-0.25, -0.2) is 4.79 Å². The van der Waals surface area contributed by atoms with E-state index >= 15 is 0 Å². The molecule has 0 spiro atoms. The van der Waals surface area contributed by atoms with Crippen LogP contribution in [0.4, 0.5) is 0 Å². The molecule has 0 fully saturated rings. The van der Waals surface area contributed by atoms with Crippen molar-refractivity contribution in [2.45, 2.75) is 13.0 Å². The number of ether oxygens (including phenoxy) is 1. The Kier molecular flexibility index (Phi) is 3.77. The topological polar surface area (TPSA) is 86.5 Å². The molecule has 1 amide bonds. The third-order valence-corrected chi connectivity index (χ3v) is 1.97. The maximum atomic E-state index is 11.4. The Labute approximate surface area is 92.2 Å². The second kappa shape index (κ2) is 5.06. The Hall–Kier alpha value is -2.17. The number of aldehydes is 1. The molecule has 1 atom stereocenters. The van der Waals surface area contributed by atoms with Gasteiger partial charge in [-0.1, -0.05) is 12.1 Å². The van der Waals surface area contributed by atoms with Crippen molar-refractivity contribution >= 4 is 18.2 Å². The molecule has 84 valence electrons. The fraction of sp³-hybridized carbons (Fsp3) is 0.182. The van der Waals surface area contributed by atoms with Gasteiger partial charge >= 0.3 is 5.97 Å². The molecular weight excluding hydrogens is 210 g/mol. The zero-order valence-electron chi connectivity index (χ0n) is 8.67. The SMILES string of the molecule is C[C@H](OC(=O)c1ccc(C=O)cc1)C(N)=O. The minimum absolute atomic E-state index is 0.263. The molecule has 0 bridgehead atoms. The zero-order chi connectivity index (χ0) is 12.1. The monoisotopic (exact) mass is 221 g/mol. The minimum Gasteiger partial charge on any atom is -0.449 e. The second-order valence-corrected chi connectivity index (χ2v) is 3.19. The second-order valence-electron chi connectivity index (χ2n) is 3.19. The molecule has 2 N–H and O–H groups in total. The van der Waals surface area contributed by atoms with E-state index in [4.69, 9.17) is 10.5 Å². The molecule has 0 aliphatic heterocycles. The van der Waals surface area contributed by atoms with Gasteiger partial charge < -0.3 is 10.5 Å². The van der Waals surface area contributed by atoms with Gasteiger partial charge in [0.1, 0.15) is 6.29 Å². The molecule has 0 saturated carbocycles. The van der Waals surface area contributed by atoms with Crippen molar-refractivity contribution in [2.75, 3.05) is 0 Å². The van der Waals surface area contributed by atoms with Gasteiger partial charge in [0.25, 0.3) is 5.91 Å². The number of rotatable bonds is 4. The van der Waals surface area contributed by atoms with E-state index in [2.05, 4.69) is 0 Å². The first kappa shape index (κ1) is 11.9. The molecule has 0 aliphatic carbocycles. The first-order valence-electron chi connectivity index (χ1n) is 4.60. The maximum absolute atomic E-state index is 11.4. The lowest BCUT2D eigenvalue weighted by Gasteiger charge is -2.09. The van der Waals surface area contributed by atoms with Gasteiger partial charge in [-0.05, 0) is 19.1 Å². The highest BCUT2D eigenvalue weighted by molar-refractivity contribution is 5.92. The molecule has 0 heterocycles. The third kappa shape index (κ3) is 2.91. The molecule has 1 rings (SSSR count). The van der Waals surface area contributed by atoms with E-state index < -0.39 is 18.0 Å². The molecule has 0 radical (unpaired) electrons. The van der Waals surface area contributed by atoms with Crippen molar-refractivity contribution in [1.82, 2.24) is 0 Å². The molecule has 0 saturated heterocycles. The summed E-state index contributed by atoms with van der Waals surface area (Å²) in [4.78, 5) is 32.5. The molecule has 0 aromatic heterocycles. The van der Waals surface area contributed by atoms with Crippen molar-refractivity contribution in [3.63, 3.8) is 0 Å². The van der Waals surface area contributed by atoms with Crippen LogP contribution in [-0.4, -0.2) is 24.3 Å². The summed E-state index contributed by atoms with van der Waals surface area (Å²) in [5, 5.41) is 0. The van der Waals surface area contributed by atoms with E-state index in [-0.39, 0.29) is 5.56 Å². The highest BCUT2D eigenvalue weighted by atomic mass is 16.5. The molecule has 5 heteroatoms. The lowest BCUT2D eigenvalue weighted by atomic mass is 10.1. The summed E-state index contributed by atoms with van der Waals surface area (Å²) in [6.45, 7) is 1.39. The molecular formula is C11H11NO4. The van der Waals surface area contributed by atoms with Crippen LogP contribution in [0.25, 0.3) is 0 Å². The van der Waals surface area contributed by atoms with Crippen LogP contribution in [-0.2, 0) is 9.53 Å². The fourth-order valence-electron chi connectivity index (χ4n) is 0.984. The van der Waals surface area contributed by atoms with Crippen molar-refractivity contribution < 1.29 is 19.1 Å². The molecule has 5 nitrogen and oxygen atoms in total. The number of benzene rings is 1. The maximum Gasteiger partial charge on any atom is 0.338 e. The summed E-state index contributed by atoms with van der Waals surface area (Å²) in [6, 6.07) is 5.86. The van der Waals surface area contributed by atoms with Crippen LogP contribution in [0.5, 0.6) is 0 Å². The number of hydrogen-bond acceptors (Lipinski definition) is 4. The number of carbonyl (C=O) groups is 3. The Morgan fingerprint density at radius 3 is 2.31 bits per heavy atom. The van der Waals surface area contributed by atoms with Gasteiger partial charge in [0, 0.05) is 5.56 Å². The summed E-state index contributed by atoms with van der Waals surface area (Å²) >= 11 is 0. The Morgan fingerprint density at radius 2 is 1.88 bits per heavy atom. The van der Waals surface area contributed by atoms with Crippen LogP contribution in [0.15, 0.2) is 24.3 Å². The number of amides is 1. The van der Waals surface area contributed by atoms with Crippen molar-refractivity contribution in [1.29, 1.82) is 0 Å².